The van der Waals surface area contributed by atoms with Crippen LogP contribution in [0, 0.1) is 0 Å². The summed E-state index contributed by atoms with van der Waals surface area (Å²) in [7, 11) is 0. The van der Waals surface area contributed by atoms with E-state index in [1.54, 1.807) is 0 Å². The summed E-state index contributed by atoms with van der Waals surface area (Å²) in [4.78, 5) is 10.2. The maximum atomic E-state index is 10.2. The zero-order chi connectivity index (χ0) is 15.4. The van der Waals surface area contributed by atoms with Crippen LogP contribution in [0.25, 0.3) is 0 Å². The molecule has 126 valence electrons. The largest absolute Gasteiger partial charge is 1.00 e. The molecule has 0 aliphatic carbocycles. The van der Waals surface area contributed by atoms with Crippen molar-refractivity contribution in [3.8, 4) is 0 Å². The van der Waals surface area contributed by atoms with Crippen LogP contribution in [-0.4, -0.2) is 6.29 Å². The third kappa shape index (κ3) is 23.3. The Bertz CT molecular complexity index is 232. The maximum absolute atomic E-state index is 10.2. The summed E-state index contributed by atoms with van der Waals surface area (Å²) in [5, 5.41) is 0. The fraction of sp³-hybridized carbons (Fsp3) is 0.850. The van der Waals surface area contributed by atoms with Gasteiger partial charge in [0.25, 0.3) is 0 Å². The van der Waals surface area contributed by atoms with E-state index in [-0.39, 0.29) is 52.8 Å². The fourth-order valence-corrected chi connectivity index (χ4v) is 2.65. The van der Waals surface area contributed by atoms with E-state index < -0.39 is 0 Å². The summed E-state index contributed by atoms with van der Waals surface area (Å²) in [6.07, 6.45) is 26.6. The second kappa shape index (κ2) is 24.3. The monoisotopic (exact) mass is 334 g/mol. The molecule has 0 spiro atoms. The Morgan fingerprint density at radius 1 is 0.591 bits per heavy atom. The predicted molar refractivity (Wildman–Crippen MR) is 95.9 cm³/mol. The van der Waals surface area contributed by atoms with Gasteiger partial charge in [-0.2, -0.15) is 0 Å². The molecule has 0 heterocycles. The Labute approximate surface area is 184 Å². The Balaban J connectivity index is -0.00000200. The molecule has 0 radical (unpaired) electrons. The van der Waals surface area contributed by atoms with Crippen molar-refractivity contribution >= 4 is 6.29 Å². The second-order valence-electron chi connectivity index (χ2n) is 6.25. The average molecular weight is 335 g/mol. The molecule has 0 aromatic heterocycles. The molecule has 0 aliphatic heterocycles. The molecule has 22 heavy (non-hydrogen) atoms. The van der Waals surface area contributed by atoms with Crippen LogP contribution in [0.15, 0.2) is 12.2 Å². The molecule has 0 amide bonds. The van der Waals surface area contributed by atoms with Gasteiger partial charge in [0.2, 0.25) is 0 Å². The first kappa shape index (κ1) is 25.3. The summed E-state index contributed by atoms with van der Waals surface area (Å²) in [6.45, 7) is 2.27. The van der Waals surface area contributed by atoms with Crippen LogP contribution in [0.4, 0.5) is 0 Å². The first-order valence-electron chi connectivity index (χ1n) is 9.50. The van der Waals surface area contributed by atoms with Gasteiger partial charge in [-0.15, -0.1) is 0 Å². The first-order chi connectivity index (χ1) is 10.4. The summed E-state index contributed by atoms with van der Waals surface area (Å²) in [6, 6.07) is 0. The van der Waals surface area contributed by atoms with Gasteiger partial charge in [-0.1, -0.05) is 83.3 Å². The Hall–Kier alpha value is 1.05. The van der Waals surface area contributed by atoms with Gasteiger partial charge < -0.3 is 6.22 Å². The normalized spacial score (nSPS) is 10.8. The van der Waals surface area contributed by atoms with E-state index in [1.807, 2.05) is 0 Å². The Morgan fingerprint density at radius 2 is 0.955 bits per heavy atom. The minimum Gasteiger partial charge on any atom is -1.00 e. The van der Waals surface area contributed by atoms with Crippen molar-refractivity contribution in [2.24, 2.45) is 0 Å². The molecular weight excluding hydrogens is 295 g/mol. The Morgan fingerprint density at radius 3 is 1.36 bits per heavy atom. The molecule has 0 saturated heterocycles. The van der Waals surface area contributed by atoms with Gasteiger partial charge in [0.05, 0.1) is 0 Å². The molecule has 1 nitrogen and oxygen atoms in total. The number of unbranched alkanes of at least 4 members (excludes halogenated alkanes) is 14. The predicted octanol–water partition coefficient (Wildman–Crippen LogP) is 4.12. The summed E-state index contributed by atoms with van der Waals surface area (Å²) in [5.74, 6) is 0. The molecule has 0 unspecified atom stereocenters. The molecule has 0 aliphatic rings. The van der Waals surface area contributed by atoms with E-state index >= 15 is 0 Å². The second-order valence-corrected chi connectivity index (χ2v) is 6.25. The zero-order valence-corrected chi connectivity index (χ0v) is 18.6. The van der Waals surface area contributed by atoms with Gasteiger partial charge >= 0.3 is 51.4 Å². The maximum Gasteiger partial charge on any atom is 1.00 e. The fourth-order valence-electron chi connectivity index (χ4n) is 2.65. The quantitative estimate of drug-likeness (QED) is 0.169. The average Bonchev–Trinajstić information content (AvgIpc) is 2.50. The van der Waals surface area contributed by atoms with Gasteiger partial charge in [-0.25, -0.2) is 0 Å². The van der Waals surface area contributed by atoms with Crippen LogP contribution in [0.5, 0.6) is 0 Å². The molecule has 2 heteroatoms. The third-order valence-electron chi connectivity index (χ3n) is 4.08. The van der Waals surface area contributed by atoms with Gasteiger partial charge in [0, 0.05) is 6.42 Å². The van der Waals surface area contributed by atoms with Crippen molar-refractivity contribution in [1.29, 1.82) is 0 Å². The molecular formula is C20H39KO. The van der Waals surface area contributed by atoms with Crippen LogP contribution < -0.4 is 51.4 Å². The topological polar surface area (TPSA) is 17.1 Å². The van der Waals surface area contributed by atoms with E-state index in [1.165, 1.54) is 89.9 Å². The molecule has 0 fully saturated rings. The van der Waals surface area contributed by atoms with Crippen molar-refractivity contribution in [2.45, 2.75) is 110 Å². The van der Waals surface area contributed by atoms with Crippen molar-refractivity contribution in [3.63, 3.8) is 0 Å². The van der Waals surface area contributed by atoms with E-state index in [0.29, 0.717) is 0 Å². The minimum atomic E-state index is 0. The van der Waals surface area contributed by atoms with Gasteiger partial charge in [0.1, 0.15) is 6.29 Å². The zero-order valence-electron chi connectivity index (χ0n) is 16.5. The standard InChI is InChI=1S/C20H38O.K.H/c1-2-3-4-5-6-7-8-9-10-11-12-13-14-15-16-17-18-19-20-21;;/h9-10,20H,2-8,11-19H2,1H3;;/q;+1;-1/b10-9-;;. The molecule has 0 rings (SSSR count). The molecule has 0 aromatic carbocycles. The van der Waals surface area contributed by atoms with Crippen LogP contribution in [0.3, 0.4) is 0 Å². The molecule has 0 bridgehead atoms. The SMILES string of the molecule is CCCCCCCC/C=C\CCCCCCCCCC=O.[H-].[K+]. The van der Waals surface area contributed by atoms with Crippen molar-refractivity contribution in [1.82, 2.24) is 0 Å². The number of aldehydes is 1. The van der Waals surface area contributed by atoms with Crippen LogP contribution >= 0.6 is 0 Å². The molecule has 0 N–H and O–H groups in total. The summed E-state index contributed by atoms with van der Waals surface area (Å²) in [5.41, 5.74) is 0. The molecule has 0 aromatic rings. The van der Waals surface area contributed by atoms with Crippen molar-refractivity contribution in [2.75, 3.05) is 0 Å². The minimum absolute atomic E-state index is 0. The van der Waals surface area contributed by atoms with Crippen LogP contribution in [0.2, 0.25) is 0 Å². The van der Waals surface area contributed by atoms with Crippen LogP contribution in [-0.2, 0) is 4.79 Å². The number of carbonyl (C=O) groups is 1. The smallest absolute Gasteiger partial charge is 1.00 e. The van der Waals surface area contributed by atoms with E-state index in [9.17, 15) is 4.79 Å². The number of rotatable bonds is 17. The Kier molecular flexibility index (Phi) is 27.9. The van der Waals surface area contributed by atoms with E-state index in [2.05, 4.69) is 19.1 Å². The number of carbonyl (C=O) groups excluding carboxylic acids is 1. The van der Waals surface area contributed by atoms with E-state index in [0.717, 1.165) is 19.1 Å². The number of hydrogen-bond acceptors (Lipinski definition) is 1. The van der Waals surface area contributed by atoms with Gasteiger partial charge in [-0.3, -0.25) is 0 Å². The molecule has 0 atom stereocenters. The first-order valence-corrected chi connectivity index (χ1v) is 9.50. The summed E-state index contributed by atoms with van der Waals surface area (Å²) < 4.78 is 0. The van der Waals surface area contributed by atoms with Crippen molar-refractivity contribution < 1.29 is 57.6 Å². The third-order valence-corrected chi connectivity index (χ3v) is 4.08. The molecule has 0 saturated carbocycles. The summed E-state index contributed by atoms with van der Waals surface area (Å²) >= 11 is 0. The van der Waals surface area contributed by atoms with Crippen LogP contribution in [0.1, 0.15) is 111 Å². The van der Waals surface area contributed by atoms with E-state index in [4.69, 9.17) is 0 Å². The van der Waals surface area contributed by atoms with Gasteiger partial charge in [-0.05, 0) is 32.1 Å². The number of allylic oxidation sites excluding steroid dienone is 2. The van der Waals surface area contributed by atoms with Gasteiger partial charge in [0.15, 0.2) is 0 Å². The number of hydrogen-bond donors (Lipinski definition) is 0. The van der Waals surface area contributed by atoms with Crippen molar-refractivity contribution in [3.05, 3.63) is 12.2 Å².